The molecule has 1 saturated carbocycles. The topological polar surface area (TPSA) is 66.8 Å². The van der Waals surface area contributed by atoms with E-state index in [1.165, 1.54) is 22.3 Å². The first kappa shape index (κ1) is 16.4. The molecule has 2 aromatic carbocycles. The zero-order valence-corrected chi connectivity index (χ0v) is 14.9. The molecule has 5 heteroatoms. The van der Waals surface area contributed by atoms with Crippen LogP contribution in [0.5, 0.6) is 0 Å². The van der Waals surface area contributed by atoms with Crippen LogP contribution in [0.3, 0.4) is 0 Å². The lowest BCUT2D eigenvalue weighted by Gasteiger charge is -2.19. The van der Waals surface area contributed by atoms with Gasteiger partial charge in [-0.1, -0.05) is 48.5 Å². The van der Waals surface area contributed by atoms with Gasteiger partial charge in [-0.05, 0) is 35.1 Å². The smallest absolute Gasteiger partial charge is 0.409 e. The molecular formula is C22H21NO4. The van der Waals surface area contributed by atoms with Crippen LogP contribution in [0.4, 0.5) is 4.79 Å². The van der Waals surface area contributed by atoms with Gasteiger partial charge in [0.15, 0.2) is 0 Å². The van der Waals surface area contributed by atoms with Gasteiger partial charge in [0.05, 0.1) is 5.92 Å². The van der Waals surface area contributed by atoms with E-state index in [2.05, 4.69) is 24.3 Å². The van der Waals surface area contributed by atoms with E-state index in [1.807, 2.05) is 24.3 Å². The van der Waals surface area contributed by atoms with Crippen LogP contribution in [0.1, 0.15) is 29.9 Å². The predicted molar refractivity (Wildman–Crippen MR) is 99.4 cm³/mol. The molecule has 1 amide bonds. The normalized spacial score (nSPS) is 21.8. The zero-order chi connectivity index (χ0) is 18.6. The molecule has 1 N–H and O–H groups in total. The van der Waals surface area contributed by atoms with Crippen molar-refractivity contribution in [3.8, 4) is 11.1 Å². The first-order valence-electron chi connectivity index (χ1n) is 9.42. The molecule has 27 heavy (non-hydrogen) atoms. The number of likely N-dealkylation sites (tertiary alicyclic amines) is 1. The van der Waals surface area contributed by atoms with Gasteiger partial charge < -0.3 is 14.7 Å². The van der Waals surface area contributed by atoms with E-state index in [4.69, 9.17) is 4.74 Å². The van der Waals surface area contributed by atoms with Gasteiger partial charge in [-0.25, -0.2) is 4.79 Å². The van der Waals surface area contributed by atoms with Crippen LogP contribution in [-0.2, 0) is 9.53 Å². The van der Waals surface area contributed by atoms with Gasteiger partial charge in [0.1, 0.15) is 6.61 Å². The quantitative estimate of drug-likeness (QED) is 0.902. The van der Waals surface area contributed by atoms with Crippen molar-refractivity contribution in [3.05, 3.63) is 59.7 Å². The third kappa shape index (κ3) is 2.52. The van der Waals surface area contributed by atoms with Crippen molar-refractivity contribution in [3.63, 3.8) is 0 Å². The fourth-order valence-corrected chi connectivity index (χ4v) is 4.80. The summed E-state index contributed by atoms with van der Waals surface area (Å²) in [6, 6.07) is 16.4. The summed E-state index contributed by atoms with van der Waals surface area (Å²) in [6.07, 6.45) is 1.38. The molecule has 0 aromatic heterocycles. The number of ether oxygens (including phenoxy) is 1. The largest absolute Gasteiger partial charge is 0.481 e. The maximum atomic E-state index is 12.6. The van der Waals surface area contributed by atoms with Crippen LogP contribution >= 0.6 is 0 Å². The average Bonchev–Trinajstić information content (AvgIpc) is 3.22. The number of benzene rings is 2. The van der Waals surface area contributed by atoms with Gasteiger partial charge in [0.25, 0.3) is 0 Å². The highest BCUT2D eigenvalue weighted by atomic mass is 16.6. The van der Waals surface area contributed by atoms with Crippen LogP contribution in [0.15, 0.2) is 48.5 Å². The number of rotatable bonds is 3. The Balaban J connectivity index is 1.32. The van der Waals surface area contributed by atoms with E-state index in [0.717, 1.165) is 12.8 Å². The second-order valence-corrected chi connectivity index (χ2v) is 7.94. The van der Waals surface area contributed by atoms with Crippen molar-refractivity contribution in [1.82, 2.24) is 4.90 Å². The van der Waals surface area contributed by atoms with Gasteiger partial charge in [-0.2, -0.15) is 0 Å². The second kappa shape index (κ2) is 5.84. The summed E-state index contributed by atoms with van der Waals surface area (Å²) >= 11 is 0. The number of carboxylic acids is 1. The Bertz CT molecular complexity index is 888. The molecule has 1 unspecified atom stereocenters. The van der Waals surface area contributed by atoms with Gasteiger partial charge >= 0.3 is 12.1 Å². The number of carboxylic acid groups (broad SMARTS) is 1. The van der Waals surface area contributed by atoms with Crippen LogP contribution in [0.25, 0.3) is 11.1 Å². The first-order valence-corrected chi connectivity index (χ1v) is 9.42. The summed E-state index contributed by atoms with van der Waals surface area (Å²) in [4.78, 5) is 25.7. The number of hydrogen-bond donors (Lipinski definition) is 1. The lowest BCUT2D eigenvalue weighted by Crippen LogP contribution is -2.31. The zero-order valence-electron chi connectivity index (χ0n) is 14.9. The Morgan fingerprint density at radius 3 is 2.15 bits per heavy atom. The fourth-order valence-electron chi connectivity index (χ4n) is 4.80. The Morgan fingerprint density at radius 1 is 1.04 bits per heavy atom. The van der Waals surface area contributed by atoms with Crippen molar-refractivity contribution >= 4 is 12.1 Å². The highest BCUT2D eigenvalue weighted by Crippen LogP contribution is 2.56. The van der Waals surface area contributed by atoms with Gasteiger partial charge in [0, 0.05) is 24.4 Å². The number of fused-ring (bicyclic) bond motifs is 3. The van der Waals surface area contributed by atoms with E-state index in [9.17, 15) is 14.7 Å². The maximum Gasteiger partial charge on any atom is 0.409 e. The molecule has 1 spiro atoms. The number of aliphatic carboxylic acids is 1. The Kier molecular flexibility index (Phi) is 3.54. The molecule has 0 bridgehead atoms. The molecule has 2 fully saturated rings. The van der Waals surface area contributed by atoms with Crippen molar-refractivity contribution in [2.45, 2.75) is 18.8 Å². The number of carbonyl (C=O) groups excluding carboxylic acids is 1. The monoisotopic (exact) mass is 363 g/mol. The minimum absolute atomic E-state index is 0.0223. The summed E-state index contributed by atoms with van der Waals surface area (Å²) in [5.74, 6) is -1.24. The number of amides is 1. The summed E-state index contributed by atoms with van der Waals surface area (Å²) in [6.45, 7) is 1.03. The van der Waals surface area contributed by atoms with E-state index in [0.29, 0.717) is 6.54 Å². The van der Waals surface area contributed by atoms with Gasteiger partial charge in [-0.15, -0.1) is 0 Å². The average molecular weight is 363 g/mol. The summed E-state index contributed by atoms with van der Waals surface area (Å²) in [5.41, 5.74) is 4.53. The molecule has 1 heterocycles. The van der Waals surface area contributed by atoms with Crippen molar-refractivity contribution in [1.29, 1.82) is 0 Å². The highest BCUT2D eigenvalue weighted by Gasteiger charge is 2.59. The summed E-state index contributed by atoms with van der Waals surface area (Å²) in [7, 11) is 0. The second-order valence-electron chi connectivity index (χ2n) is 7.94. The van der Waals surface area contributed by atoms with E-state index in [-0.39, 0.29) is 24.5 Å². The third-order valence-corrected chi connectivity index (χ3v) is 6.43. The van der Waals surface area contributed by atoms with E-state index >= 15 is 0 Å². The molecule has 3 aliphatic rings. The molecule has 5 rings (SSSR count). The summed E-state index contributed by atoms with van der Waals surface area (Å²) < 4.78 is 5.67. The molecule has 2 aromatic rings. The number of hydrogen-bond acceptors (Lipinski definition) is 3. The van der Waals surface area contributed by atoms with Crippen LogP contribution in [0.2, 0.25) is 0 Å². The van der Waals surface area contributed by atoms with Crippen molar-refractivity contribution in [2.24, 2.45) is 11.3 Å². The standard InChI is InChI=1S/C22H21NO4/c24-20(25)19-11-23(13-22(19)9-10-22)21(26)27-12-18-16-7-3-1-5-14(16)15-6-2-4-8-17(15)18/h1-8,18-19H,9-13H2,(H,24,25). The molecule has 1 aliphatic heterocycles. The molecule has 5 nitrogen and oxygen atoms in total. The van der Waals surface area contributed by atoms with Crippen LogP contribution in [-0.4, -0.2) is 41.8 Å². The van der Waals surface area contributed by atoms with Crippen molar-refractivity contribution < 1.29 is 19.4 Å². The lowest BCUT2D eigenvalue weighted by molar-refractivity contribution is -0.142. The minimum atomic E-state index is -0.804. The number of carbonyl (C=O) groups is 2. The Hall–Kier alpha value is -2.82. The number of nitrogens with zero attached hydrogens (tertiary/aromatic N) is 1. The molecule has 0 radical (unpaired) electrons. The van der Waals surface area contributed by atoms with Crippen molar-refractivity contribution in [2.75, 3.05) is 19.7 Å². The Labute approximate surface area is 157 Å². The molecule has 138 valence electrons. The van der Waals surface area contributed by atoms with Crippen LogP contribution in [0, 0.1) is 11.3 Å². The Morgan fingerprint density at radius 2 is 1.63 bits per heavy atom. The fraction of sp³-hybridized carbons (Fsp3) is 0.364. The van der Waals surface area contributed by atoms with Crippen LogP contribution < -0.4 is 0 Å². The van der Waals surface area contributed by atoms with Gasteiger partial charge in [-0.3, -0.25) is 4.79 Å². The third-order valence-electron chi connectivity index (χ3n) is 6.43. The van der Waals surface area contributed by atoms with E-state index < -0.39 is 18.0 Å². The lowest BCUT2D eigenvalue weighted by atomic mass is 9.93. The molecule has 1 saturated heterocycles. The van der Waals surface area contributed by atoms with Gasteiger partial charge in [0.2, 0.25) is 0 Å². The highest BCUT2D eigenvalue weighted by molar-refractivity contribution is 5.79. The summed E-state index contributed by atoms with van der Waals surface area (Å²) in [5, 5.41) is 9.43. The SMILES string of the molecule is O=C(O)C1CN(C(=O)OCC2c3ccccc3-c3ccccc32)CC12CC2. The molecule has 2 aliphatic carbocycles. The maximum absolute atomic E-state index is 12.6. The molecular weight excluding hydrogens is 342 g/mol. The van der Waals surface area contributed by atoms with E-state index in [1.54, 1.807) is 4.90 Å². The minimum Gasteiger partial charge on any atom is -0.481 e. The molecule has 1 atom stereocenters. The predicted octanol–water partition coefficient (Wildman–Crippen LogP) is 3.73. The first-order chi connectivity index (χ1) is 13.1.